The number of nitrogens with two attached hydrogens (primary N) is 1. The summed E-state index contributed by atoms with van der Waals surface area (Å²) < 4.78 is 1.72. The van der Waals surface area contributed by atoms with E-state index < -0.39 is 0 Å². The number of pyridine rings is 1. The van der Waals surface area contributed by atoms with Crippen LogP contribution in [0.3, 0.4) is 0 Å². The summed E-state index contributed by atoms with van der Waals surface area (Å²) in [4.78, 5) is 9.14. The number of anilines is 2. The standard InChI is InChI=1S/C14H20N6/c1-18-14(15)12(10-17-18)11-19-6-8-20(9-7-19)13-4-2-3-5-16-13/h2-5,10H,6-9,11,15H2,1H3. The van der Waals surface area contributed by atoms with E-state index in [1.54, 1.807) is 4.68 Å². The second-order valence-corrected chi connectivity index (χ2v) is 5.13. The monoisotopic (exact) mass is 272 g/mol. The van der Waals surface area contributed by atoms with Gasteiger partial charge in [0.05, 0.1) is 6.20 Å². The van der Waals surface area contributed by atoms with Crippen LogP contribution in [0.2, 0.25) is 0 Å². The maximum atomic E-state index is 5.99. The first-order chi connectivity index (χ1) is 9.74. The van der Waals surface area contributed by atoms with Gasteiger partial charge < -0.3 is 10.6 Å². The van der Waals surface area contributed by atoms with Crippen LogP contribution in [0.1, 0.15) is 5.56 Å². The fourth-order valence-corrected chi connectivity index (χ4v) is 2.53. The van der Waals surface area contributed by atoms with Crippen molar-refractivity contribution in [2.45, 2.75) is 6.54 Å². The van der Waals surface area contributed by atoms with Crippen molar-refractivity contribution in [2.75, 3.05) is 36.8 Å². The number of hydrogen-bond acceptors (Lipinski definition) is 5. The third kappa shape index (κ3) is 2.60. The van der Waals surface area contributed by atoms with E-state index >= 15 is 0 Å². The Labute approximate surface area is 118 Å². The largest absolute Gasteiger partial charge is 0.384 e. The molecular weight excluding hydrogens is 252 g/mol. The van der Waals surface area contributed by atoms with Crippen LogP contribution in [-0.2, 0) is 13.6 Å². The van der Waals surface area contributed by atoms with Crippen molar-refractivity contribution in [1.29, 1.82) is 0 Å². The molecule has 2 aromatic heterocycles. The van der Waals surface area contributed by atoms with Gasteiger partial charge in [0.2, 0.25) is 0 Å². The molecule has 0 atom stereocenters. The van der Waals surface area contributed by atoms with Gasteiger partial charge in [-0.15, -0.1) is 0 Å². The van der Waals surface area contributed by atoms with Crippen molar-refractivity contribution in [2.24, 2.45) is 7.05 Å². The molecule has 0 bridgehead atoms. The highest BCUT2D eigenvalue weighted by Gasteiger charge is 2.19. The topological polar surface area (TPSA) is 63.2 Å². The Bertz CT molecular complexity index is 556. The van der Waals surface area contributed by atoms with E-state index in [0.29, 0.717) is 0 Å². The van der Waals surface area contributed by atoms with E-state index in [-0.39, 0.29) is 0 Å². The fraction of sp³-hybridized carbons (Fsp3) is 0.429. The van der Waals surface area contributed by atoms with Gasteiger partial charge in [-0.1, -0.05) is 6.07 Å². The first-order valence-corrected chi connectivity index (χ1v) is 6.89. The van der Waals surface area contributed by atoms with E-state index in [1.165, 1.54) is 0 Å². The molecule has 2 N–H and O–H groups in total. The van der Waals surface area contributed by atoms with Crippen LogP contribution < -0.4 is 10.6 Å². The second kappa shape index (κ2) is 5.50. The van der Waals surface area contributed by atoms with Crippen LogP contribution in [0.15, 0.2) is 30.6 Å². The summed E-state index contributed by atoms with van der Waals surface area (Å²) in [5, 5.41) is 4.19. The normalized spacial score (nSPS) is 16.6. The van der Waals surface area contributed by atoms with Crippen molar-refractivity contribution in [3.05, 3.63) is 36.2 Å². The van der Waals surface area contributed by atoms with Gasteiger partial charge in [0.15, 0.2) is 0 Å². The molecular formula is C14H20N6. The summed E-state index contributed by atoms with van der Waals surface area (Å²) in [6.45, 7) is 4.90. The van der Waals surface area contributed by atoms with E-state index in [0.717, 1.165) is 49.9 Å². The maximum absolute atomic E-state index is 5.99. The SMILES string of the molecule is Cn1ncc(CN2CCN(c3ccccn3)CC2)c1N. The van der Waals surface area contributed by atoms with Crippen molar-refractivity contribution >= 4 is 11.6 Å². The second-order valence-electron chi connectivity index (χ2n) is 5.13. The maximum Gasteiger partial charge on any atom is 0.128 e. The first-order valence-electron chi connectivity index (χ1n) is 6.89. The number of hydrogen-bond donors (Lipinski definition) is 1. The summed E-state index contributed by atoms with van der Waals surface area (Å²) in [5.74, 6) is 1.82. The van der Waals surface area contributed by atoms with Crippen molar-refractivity contribution in [3.63, 3.8) is 0 Å². The third-order valence-corrected chi connectivity index (χ3v) is 3.80. The van der Waals surface area contributed by atoms with Crippen molar-refractivity contribution in [1.82, 2.24) is 19.7 Å². The zero-order valence-electron chi connectivity index (χ0n) is 11.7. The van der Waals surface area contributed by atoms with Gasteiger partial charge in [-0.2, -0.15) is 5.10 Å². The molecule has 20 heavy (non-hydrogen) atoms. The Morgan fingerprint density at radius 2 is 2.00 bits per heavy atom. The number of aromatic nitrogens is 3. The van der Waals surface area contributed by atoms with E-state index in [2.05, 4.69) is 25.9 Å². The quantitative estimate of drug-likeness (QED) is 0.892. The summed E-state index contributed by atoms with van der Waals surface area (Å²) in [6.07, 6.45) is 3.71. The molecule has 0 amide bonds. The van der Waals surface area contributed by atoms with Gasteiger partial charge in [0.1, 0.15) is 11.6 Å². The minimum Gasteiger partial charge on any atom is -0.384 e. The van der Waals surface area contributed by atoms with Gasteiger partial charge in [0, 0.05) is 51.5 Å². The summed E-state index contributed by atoms with van der Waals surface area (Å²) in [6, 6.07) is 6.05. The molecule has 1 saturated heterocycles. The Hall–Kier alpha value is -2.08. The van der Waals surface area contributed by atoms with Gasteiger partial charge in [0.25, 0.3) is 0 Å². The van der Waals surface area contributed by atoms with Crippen LogP contribution in [0, 0.1) is 0 Å². The highest BCUT2D eigenvalue weighted by atomic mass is 15.3. The lowest BCUT2D eigenvalue weighted by atomic mass is 10.2. The van der Waals surface area contributed by atoms with Crippen LogP contribution in [0.25, 0.3) is 0 Å². The summed E-state index contributed by atoms with van der Waals surface area (Å²) >= 11 is 0. The third-order valence-electron chi connectivity index (χ3n) is 3.80. The molecule has 1 aliphatic rings. The van der Waals surface area contributed by atoms with Gasteiger partial charge in [-0.3, -0.25) is 9.58 Å². The summed E-state index contributed by atoms with van der Waals surface area (Å²) in [7, 11) is 1.87. The Kier molecular flexibility index (Phi) is 3.56. The van der Waals surface area contributed by atoms with Crippen LogP contribution >= 0.6 is 0 Å². The van der Waals surface area contributed by atoms with Gasteiger partial charge in [-0.25, -0.2) is 4.98 Å². The lowest BCUT2D eigenvalue weighted by molar-refractivity contribution is 0.249. The minimum atomic E-state index is 0.761. The van der Waals surface area contributed by atoms with Gasteiger partial charge >= 0.3 is 0 Å². The predicted octanol–water partition coefficient (Wildman–Crippen LogP) is 0.720. The molecule has 1 fully saturated rings. The van der Waals surface area contributed by atoms with E-state index in [9.17, 15) is 0 Å². The molecule has 0 aliphatic carbocycles. The Morgan fingerprint density at radius 3 is 2.60 bits per heavy atom. The van der Waals surface area contributed by atoms with E-state index in [4.69, 9.17) is 5.73 Å². The number of piperazine rings is 1. The predicted molar refractivity (Wildman–Crippen MR) is 79.3 cm³/mol. The molecule has 3 heterocycles. The average molecular weight is 272 g/mol. The molecule has 6 nitrogen and oxygen atoms in total. The van der Waals surface area contributed by atoms with Gasteiger partial charge in [-0.05, 0) is 12.1 Å². The molecule has 1 aliphatic heterocycles. The molecule has 0 radical (unpaired) electrons. The average Bonchev–Trinajstić information content (AvgIpc) is 2.81. The fourth-order valence-electron chi connectivity index (χ4n) is 2.53. The molecule has 0 aromatic carbocycles. The molecule has 3 rings (SSSR count). The van der Waals surface area contributed by atoms with Crippen LogP contribution in [0.5, 0.6) is 0 Å². The lowest BCUT2D eigenvalue weighted by Gasteiger charge is -2.35. The highest BCUT2D eigenvalue weighted by Crippen LogP contribution is 2.16. The van der Waals surface area contributed by atoms with E-state index in [1.807, 2.05) is 31.6 Å². The smallest absolute Gasteiger partial charge is 0.128 e. The summed E-state index contributed by atoms with van der Waals surface area (Å²) in [5.41, 5.74) is 7.10. The van der Waals surface area contributed by atoms with Crippen molar-refractivity contribution in [3.8, 4) is 0 Å². The zero-order chi connectivity index (χ0) is 13.9. The molecule has 6 heteroatoms. The number of nitrogens with zero attached hydrogens (tertiary/aromatic N) is 5. The minimum absolute atomic E-state index is 0.761. The number of aryl methyl sites for hydroxylation is 1. The molecule has 2 aromatic rings. The first kappa shape index (κ1) is 12.9. The molecule has 0 unspecified atom stereocenters. The lowest BCUT2D eigenvalue weighted by Crippen LogP contribution is -2.46. The Morgan fingerprint density at radius 1 is 1.20 bits per heavy atom. The van der Waals surface area contributed by atoms with Crippen LogP contribution in [0.4, 0.5) is 11.6 Å². The number of nitrogen functional groups attached to an aromatic ring is 1. The molecule has 0 saturated carbocycles. The molecule has 0 spiro atoms. The highest BCUT2D eigenvalue weighted by molar-refractivity contribution is 5.39. The molecule has 106 valence electrons. The zero-order valence-corrected chi connectivity index (χ0v) is 11.7. The Balaban J connectivity index is 1.58. The van der Waals surface area contributed by atoms with Crippen LogP contribution in [-0.4, -0.2) is 45.8 Å². The van der Waals surface area contributed by atoms with Crippen molar-refractivity contribution < 1.29 is 0 Å². The number of rotatable bonds is 3.